The van der Waals surface area contributed by atoms with Crippen molar-refractivity contribution in [3.05, 3.63) is 29.8 Å². The molecule has 16 heavy (non-hydrogen) atoms. The highest BCUT2D eigenvalue weighted by atomic mass is 32.2. The summed E-state index contributed by atoms with van der Waals surface area (Å²) in [5, 5.41) is 0.440. The number of thioether (sulfide) groups is 1. The van der Waals surface area contributed by atoms with E-state index in [2.05, 4.69) is 58.9 Å². The molecule has 2 N–H and O–H groups in total. The molecule has 1 nitrogen and oxygen atoms in total. The first kappa shape index (κ1) is 13.6. The molecule has 0 radical (unpaired) electrons. The van der Waals surface area contributed by atoms with Crippen LogP contribution in [0.2, 0.25) is 0 Å². The van der Waals surface area contributed by atoms with Crippen LogP contribution < -0.4 is 5.73 Å². The van der Waals surface area contributed by atoms with E-state index < -0.39 is 0 Å². The lowest BCUT2D eigenvalue weighted by Gasteiger charge is -2.33. The lowest BCUT2D eigenvalue weighted by Crippen LogP contribution is -2.38. The normalized spacial score (nSPS) is 15.9. The summed E-state index contributed by atoms with van der Waals surface area (Å²) >= 11 is 1.89. The highest BCUT2D eigenvalue weighted by Gasteiger charge is 2.28. The Kier molecular flexibility index (Phi) is 4.45. The van der Waals surface area contributed by atoms with E-state index in [0.29, 0.717) is 5.25 Å². The smallest absolute Gasteiger partial charge is 0.0291 e. The summed E-state index contributed by atoms with van der Waals surface area (Å²) in [6.07, 6.45) is 0. The number of hydrogen-bond donors (Lipinski definition) is 1. The molecule has 0 amide bonds. The van der Waals surface area contributed by atoms with Crippen LogP contribution in [0.15, 0.2) is 29.2 Å². The second-order valence-electron chi connectivity index (χ2n) is 5.58. The van der Waals surface area contributed by atoms with Gasteiger partial charge in [-0.25, -0.2) is 0 Å². The number of aryl methyl sites for hydroxylation is 1. The molecule has 0 aliphatic heterocycles. The molecule has 0 saturated heterocycles. The Hall–Kier alpha value is -0.470. The quantitative estimate of drug-likeness (QED) is 0.808. The third kappa shape index (κ3) is 3.84. The van der Waals surface area contributed by atoms with Crippen LogP contribution in [-0.2, 0) is 0 Å². The molecule has 2 atom stereocenters. The number of nitrogens with two attached hydrogens (primary N) is 1. The summed E-state index contributed by atoms with van der Waals surface area (Å²) in [6.45, 7) is 11.0. The van der Waals surface area contributed by atoms with E-state index in [-0.39, 0.29) is 11.5 Å². The Morgan fingerprint density at radius 2 is 1.62 bits per heavy atom. The SMILES string of the molecule is Cc1ccc(SC(C(C)N)C(C)(C)C)cc1. The summed E-state index contributed by atoms with van der Waals surface area (Å²) in [5.41, 5.74) is 7.61. The predicted octanol–water partition coefficient (Wildman–Crippen LogP) is 3.85. The molecule has 1 aromatic rings. The Bertz CT molecular complexity index is 322. The van der Waals surface area contributed by atoms with Crippen molar-refractivity contribution in [2.45, 2.75) is 50.8 Å². The third-order valence-electron chi connectivity index (χ3n) is 2.62. The van der Waals surface area contributed by atoms with Crippen LogP contribution in [0.25, 0.3) is 0 Å². The molecule has 0 spiro atoms. The van der Waals surface area contributed by atoms with E-state index in [1.54, 1.807) is 0 Å². The van der Waals surface area contributed by atoms with Crippen LogP contribution in [0.3, 0.4) is 0 Å². The Balaban J connectivity index is 2.80. The molecule has 2 heteroatoms. The second kappa shape index (κ2) is 5.24. The van der Waals surface area contributed by atoms with Crippen LogP contribution in [-0.4, -0.2) is 11.3 Å². The highest BCUT2D eigenvalue weighted by Crippen LogP contribution is 2.36. The Morgan fingerprint density at radius 3 is 2.00 bits per heavy atom. The standard InChI is InChI=1S/C14H23NS/c1-10-6-8-12(9-7-10)16-13(11(2)15)14(3,4)5/h6-9,11,13H,15H2,1-5H3. The van der Waals surface area contributed by atoms with Gasteiger partial charge in [-0.2, -0.15) is 0 Å². The second-order valence-corrected chi connectivity index (χ2v) is 6.79. The topological polar surface area (TPSA) is 26.0 Å². The minimum atomic E-state index is 0.200. The van der Waals surface area contributed by atoms with Gasteiger partial charge in [-0.3, -0.25) is 0 Å². The van der Waals surface area contributed by atoms with Crippen molar-refractivity contribution < 1.29 is 0 Å². The molecule has 1 aromatic carbocycles. The molecule has 2 unspecified atom stereocenters. The Labute approximate surface area is 104 Å². The van der Waals surface area contributed by atoms with E-state index in [9.17, 15) is 0 Å². The van der Waals surface area contributed by atoms with Gasteiger partial charge in [-0.1, -0.05) is 38.5 Å². The average molecular weight is 237 g/mol. The lowest BCUT2D eigenvalue weighted by atomic mass is 9.88. The molecular formula is C14H23NS. The summed E-state index contributed by atoms with van der Waals surface area (Å²) in [6, 6.07) is 8.88. The maximum absolute atomic E-state index is 6.08. The van der Waals surface area contributed by atoms with Gasteiger partial charge < -0.3 is 5.73 Å². The van der Waals surface area contributed by atoms with Gasteiger partial charge in [0.1, 0.15) is 0 Å². The van der Waals surface area contributed by atoms with Gasteiger partial charge in [0.2, 0.25) is 0 Å². The molecule has 0 saturated carbocycles. The monoisotopic (exact) mass is 237 g/mol. The summed E-state index contributed by atoms with van der Waals surface area (Å²) < 4.78 is 0. The molecule has 0 aromatic heterocycles. The fraction of sp³-hybridized carbons (Fsp3) is 0.571. The zero-order valence-electron chi connectivity index (χ0n) is 10.9. The Morgan fingerprint density at radius 1 is 1.12 bits per heavy atom. The van der Waals surface area contributed by atoms with Gasteiger partial charge in [0.05, 0.1) is 0 Å². The van der Waals surface area contributed by atoms with Crippen molar-refractivity contribution in [2.24, 2.45) is 11.1 Å². The van der Waals surface area contributed by atoms with E-state index in [4.69, 9.17) is 5.73 Å². The van der Waals surface area contributed by atoms with Crippen LogP contribution in [0.5, 0.6) is 0 Å². The maximum Gasteiger partial charge on any atom is 0.0291 e. The van der Waals surface area contributed by atoms with Gasteiger partial charge in [0.15, 0.2) is 0 Å². The largest absolute Gasteiger partial charge is 0.327 e. The summed E-state index contributed by atoms with van der Waals surface area (Å²) in [4.78, 5) is 1.31. The fourth-order valence-electron chi connectivity index (χ4n) is 1.84. The van der Waals surface area contributed by atoms with Crippen molar-refractivity contribution in [3.8, 4) is 0 Å². The van der Waals surface area contributed by atoms with Crippen LogP contribution in [0.1, 0.15) is 33.3 Å². The molecule has 0 aliphatic rings. The first-order valence-electron chi connectivity index (χ1n) is 5.79. The van der Waals surface area contributed by atoms with E-state index in [1.165, 1.54) is 10.5 Å². The van der Waals surface area contributed by atoms with Crippen molar-refractivity contribution in [3.63, 3.8) is 0 Å². The molecule has 0 bridgehead atoms. The van der Waals surface area contributed by atoms with Gasteiger partial charge >= 0.3 is 0 Å². The van der Waals surface area contributed by atoms with Gasteiger partial charge in [-0.15, -0.1) is 11.8 Å². The molecule has 0 heterocycles. The van der Waals surface area contributed by atoms with E-state index >= 15 is 0 Å². The average Bonchev–Trinajstić information content (AvgIpc) is 2.14. The molecule has 90 valence electrons. The zero-order chi connectivity index (χ0) is 12.3. The number of rotatable bonds is 3. The predicted molar refractivity (Wildman–Crippen MR) is 73.9 cm³/mol. The van der Waals surface area contributed by atoms with Crippen molar-refractivity contribution in [1.82, 2.24) is 0 Å². The third-order valence-corrected chi connectivity index (χ3v) is 4.55. The number of benzene rings is 1. The van der Waals surface area contributed by atoms with Crippen LogP contribution in [0.4, 0.5) is 0 Å². The summed E-state index contributed by atoms with van der Waals surface area (Å²) in [5.74, 6) is 0. The number of hydrogen-bond acceptors (Lipinski definition) is 2. The molecular weight excluding hydrogens is 214 g/mol. The van der Waals surface area contributed by atoms with Crippen LogP contribution in [0, 0.1) is 12.3 Å². The first-order chi connectivity index (χ1) is 7.30. The van der Waals surface area contributed by atoms with Gasteiger partial charge in [0, 0.05) is 16.2 Å². The van der Waals surface area contributed by atoms with Crippen molar-refractivity contribution >= 4 is 11.8 Å². The molecule has 0 aliphatic carbocycles. The minimum Gasteiger partial charge on any atom is -0.327 e. The minimum absolute atomic E-state index is 0.200. The van der Waals surface area contributed by atoms with Crippen molar-refractivity contribution in [2.75, 3.05) is 0 Å². The van der Waals surface area contributed by atoms with Gasteiger partial charge in [-0.05, 0) is 31.4 Å². The summed E-state index contributed by atoms with van der Waals surface area (Å²) in [7, 11) is 0. The van der Waals surface area contributed by atoms with Crippen LogP contribution >= 0.6 is 11.8 Å². The fourth-order valence-corrected chi connectivity index (χ4v) is 2.99. The first-order valence-corrected chi connectivity index (χ1v) is 6.67. The highest BCUT2D eigenvalue weighted by molar-refractivity contribution is 8.00. The van der Waals surface area contributed by atoms with Gasteiger partial charge in [0.25, 0.3) is 0 Å². The molecule has 0 fully saturated rings. The van der Waals surface area contributed by atoms with Crippen molar-refractivity contribution in [1.29, 1.82) is 0 Å². The van der Waals surface area contributed by atoms with E-state index in [1.807, 2.05) is 11.8 Å². The van der Waals surface area contributed by atoms with E-state index in [0.717, 1.165) is 0 Å². The molecule has 1 rings (SSSR count). The maximum atomic E-state index is 6.08. The lowest BCUT2D eigenvalue weighted by molar-refractivity contribution is 0.363. The zero-order valence-corrected chi connectivity index (χ0v) is 11.8.